The van der Waals surface area contributed by atoms with E-state index in [1.807, 2.05) is 24.3 Å². The smallest absolute Gasteiger partial charge is 0.194 e. The zero-order valence-electron chi connectivity index (χ0n) is 15.7. The highest BCUT2D eigenvalue weighted by Crippen LogP contribution is 2.27. The van der Waals surface area contributed by atoms with Crippen LogP contribution in [-0.2, 0) is 0 Å². The molecule has 2 atom stereocenters. The van der Waals surface area contributed by atoms with Gasteiger partial charge < -0.3 is 14.8 Å². The SMILES string of the molecule is CCNC(=NCCSc1ccccc1)N1CCC(C)C(n2ccnc2)C1. The minimum atomic E-state index is 0.453. The first-order chi connectivity index (χ1) is 12.8. The Balaban J connectivity index is 1.59. The molecule has 140 valence electrons. The van der Waals surface area contributed by atoms with Crippen molar-refractivity contribution in [2.24, 2.45) is 10.9 Å². The first-order valence-electron chi connectivity index (χ1n) is 9.46. The van der Waals surface area contributed by atoms with E-state index in [1.54, 1.807) is 0 Å². The maximum atomic E-state index is 4.88. The number of hydrogen-bond acceptors (Lipinski definition) is 3. The number of guanidine groups is 1. The molecule has 0 aliphatic carbocycles. The molecule has 26 heavy (non-hydrogen) atoms. The molecule has 0 bridgehead atoms. The van der Waals surface area contributed by atoms with Gasteiger partial charge >= 0.3 is 0 Å². The third-order valence-electron chi connectivity index (χ3n) is 4.83. The van der Waals surface area contributed by atoms with Gasteiger partial charge in [-0.1, -0.05) is 25.1 Å². The van der Waals surface area contributed by atoms with E-state index in [0.717, 1.165) is 37.9 Å². The molecule has 0 radical (unpaired) electrons. The van der Waals surface area contributed by atoms with Crippen molar-refractivity contribution in [1.29, 1.82) is 0 Å². The van der Waals surface area contributed by atoms with Crippen LogP contribution < -0.4 is 5.32 Å². The number of imidazole rings is 1. The Hall–Kier alpha value is -1.95. The van der Waals surface area contributed by atoms with Gasteiger partial charge in [0.1, 0.15) is 0 Å². The lowest BCUT2D eigenvalue weighted by atomic mass is 9.93. The molecule has 1 fully saturated rings. The average molecular weight is 372 g/mol. The van der Waals surface area contributed by atoms with Crippen LogP contribution in [0.2, 0.25) is 0 Å². The molecule has 1 aliphatic rings. The third kappa shape index (κ3) is 5.04. The standard InChI is InChI=1S/C20H29N5S/c1-3-22-20(23-11-14-26-18-7-5-4-6-8-18)24-12-9-17(2)19(15-24)25-13-10-21-16-25/h4-8,10,13,16-17,19H,3,9,11-12,14-15H2,1-2H3,(H,22,23). The Bertz CT molecular complexity index is 671. The zero-order chi connectivity index (χ0) is 18.2. The summed E-state index contributed by atoms with van der Waals surface area (Å²) in [6, 6.07) is 11.0. The summed E-state index contributed by atoms with van der Waals surface area (Å²) in [5, 5.41) is 3.47. The first kappa shape index (κ1) is 18.8. The first-order valence-corrected chi connectivity index (χ1v) is 10.4. The molecule has 1 saturated heterocycles. The number of aliphatic imine (C=N–C) groups is 1. The lowest BCUT2D eigenvalue weighted by Gasteiger charge is -2.39. The van der Waals surface area contributed by atoms with Crippen LogP contribution in [0, 0.1) is 5.92 Å². The fourth-order valence-electron chi connectivity index (χ4n) is 3.35. The molecule has 6 heteroatoms. The molecule has 2 unspecified atom stereocenters. The average Bonchev–Trinajstić information content (AvgIpc) is 3.20. The Morgan fingerprint density at radius 1 is 1.35 bits per heavy atom. The van der Waals surface area contributed by atoms with E-state index in [4.69, 9.17) is 4.99 Å². The number of aromatic nitrogens is 2. The van der Waals surface area contributed by atoms with Gasteiger partial charge in [0.2, 0.25) is 0 Å². The molecule has 2 heterocycles. The third-order valence-corrected chi connectivity index (χ3v) is 5.82. The van der Waals surface area contributed by atoms with Crippen molar-refractivity contribution in [3.63, 3.8) is 0 Å². The van der Waals surface area contributed by atoms with Crippen LogP contribution in [0.5, 0.6) is 0 Å². The monoisotopic (exact) mass is 371 g/mol. The molecule has 1 aromatic heterocycles. The quantitative estimate of drug-likeness (QED) is 0.365. The highest BCUT2D eigenvalue weighted by molar-refractivity contribution is 7.99. The number of nitrogens with zero attached hydrogens (tertiary/aromatic N) is 4. The maximum Gasteiger partial charge on any atom is 0.194 e. The van der Waals surface area contributed by atoms with Crippen molar-refractivity contribution in [1.82, 2.24) is 19.8 Å². The predicted molar refractivity (Wildman–Crippen MR) is 110 cm³/mol. The van der Waals surface area contributed by atoms with Gasteiger partial charge in [0.25, 0.3) is 0 Å². The van der Waals surface area contributed by atoms with Gasteiger partial charge in [-0.25, -0.2) is 4.98 Å². The van der Waals surface area contributed by atoms with Gasteiger partial charge in [0.05, 0.1) is 18.9 Å². The minimum Gasteiger partial charge on any atom is -0.357 e. The topological polar surface area (TPSA) is 45.5 Å². The van der Waals surface area contributed by atoms with Crippen molar-refractivity contribution in [2.75, 3.05) is 31.9 Å². The number of thioether (sulfide) groups is 1. The molecule has 1 aromatic carbocycles. The van der Waals surface area contributed by atoms with Crippen LogP contribution in [0.3, 0.4) is 0 Å². The number of nitrogens with one attached hydrogen (secondary N) is 1. The fraction of sp³-hybridized carbons (Fsp3) is 0.500. The zero-order valence-corrected chi connectivity index (χ0v) is 16.5. The van der Waals surface area contributed by atoms with E-state index in [2.05, 4.69) is 70.1 Å². The molecule has 0 saturated carbocycles. The van der Waals surface area contributed by atoms with Crippen LogP contribution in [0.4, 0.5) is 0 Å². The molecular formula is C20H29N5S. The normalized spacial score (nSPS) is 21.0. The van der Waals surface area contributed by atoms with Gasteiger partial charge in [0, 0.05) is 42.7 Å². The van der Waals surface area contributed by atoms with Crippen LogP contribution in [-0.4, -0.2) is 52.3 Å². The van der Waals surface area contributed by atoms with E-state index < -0.39 is 0 Å². The Morgan fingerprint density at radius 3 is 2.92 bits per heavy atom. The van der Waals surface area contributed by atoms with Crippen molar-refractivity contribution in [2.45, 2.75) is 31.2 Å². The summed E-state index contributed by atoms with van der Waals surface area (Å²) in [7, 11) is 0. The van der Waals surface area contributed by atoms with E-state index in [1.165, 1.54) is 11.3 Å². The largest absolute Gasteiger partial charge is 0.357 e. The van der Waals surface area contributed by atoms with Gasteiger partial charge in [-0.15, -0.1) is 11.8 Å². The van der Waals surface area contributed by atoms with E-state index in [0.29, 0.717) is 12.0 Å². The number of rotatable bonds is 6. The summed E-state index contributed by atoms with van der Waals surface area (Å²) in [5.41, 5.74) is 0. The summed E-state index contributed by atoms with van der Waals surface area (Å²) >= 11 is 1.86. The molecule has 0 spiro atoms. The second kappa shape index (κ2) is 9.67. The van der Waals surface area contributed by atoms with Crippen LogP contribution in [0.15, 0.2) is 58.9 Å². The van der Waals surface area contributed by atoms with Gasteiger partial charge in [-0.05, 0) is 31.4 Å². The van der Waals surface area contributed by atoms with Crippen molar-refractivity contribution < 1.29 is 0 Å². The summed E-state index contributed by atoms with van der Waals surface area (Å²) < 4.78 is 2.24. The van der Waals surface area contributed by atoms with Crippen molar-refractivity contribution in [3.8, 4) is 0 Å². The molecular weight excluding hydrogens is 342 g/mol. The molecule has 1 N–H and O–H groups in total. The van der Waals surface area contributed by atoms with E-state index >= 15 is 0 Å². The number of piperidine rings is 1. The summed E-state index contributed by atoms with van der Waals surface area (Å²) in [5.74, 6) is 2.68. The van der Waals surface area contributed by atoms with Crippen molar-refractivity contribution in [3.05, 3.63) is 49.1 Å². The lowest BCUT2D eigenvalue weighted by Crippen LogP contribution is -2.49. The number of hydrogen-bond donors (Lipinski definition) is 1. The van der Waals surface area contributed by atoms with Gasteiger partial charge in [-0.2, -0.15) is 0 Å². The maximum absolute atomic E-state index is 4.88. The molecule has 0 amide bonds. The van der Waals surface area contributed by atoms with E-state index in [9.17, 15) is 0 Å². The molecule has 5 nitrogen and oxygen atoms in total. The van der Waals surface area contributed by atoms with Crippen molar-refractivity contribution >= 4 is 17.7 Å². The Labute approximate surface area is 160 Å². The van der Waals surface area contributed by atoms with Crippen LogP contribution in [0.25, 0.3) is 0 Å². The summed E-state index contributed by atoms with van der Waals surface area (Å²) in [6.07, 6.45) is 7.05. The lowest BCUT2D eigenvalue weighted by molar-refractivity contribution is 0.189. The second-order valence-electron chi connectivity index (χ2n) is 6.69. The highest BCUT2D eigenvalue weighted by Gasteiger charge is 2.28. The second-order valence-corrected chi connectivity index (χ2v) is 7.85. The van der Waals surface area contributed by atoms with Gasteiger partial charge in [-0.3, -0.25) is 4.99 Å². The Morgan fingerprint density at radius 2 is 2.19 bits per heavy atom. The predicted octanol–water partition coefficient (Wildman–Crippen LogP) is 3.52. The van der Waals surface area contributed by atoms with Crippen LogP contribution >= 0.6 is 11.8 Å². The molecule has 3 rings (SSSR count). The van der Waals surface area contributed by atoms with Crippen LogP contribution in [0.1, 0.15) is 26.3 Å². The fourth-order valence-corrected chi connectivity index (χ4v) is 4.12. The summed E-state index contributed by atoms with van der Waals surface area (Å²) in [4.78, 5) is 12.8. The molecule has 1 aliphatic heterocycles. The number of benzene rings is 1. The highest BCUT2D eigenvalue weighted by atomic mass is 32.2. The van der Waals surface area contributed by atoms with E-state index in [-0.39, 0.29) is 0 Å². The number of likely N-dealkylation sites (tertiary alicyclic amines) is 1. The molecule has 2 aromatic rings. The summed E-state index contributed by atoms with van der Waals surface area (Å²) in [6.45, 7) is 8.23. The minimum absolute atomic E-state index is 0.453. The Kier molecular flexibility index (Phi) is 7.00. The van der Waals surface area contributed by atoms with Gasteiger partial charge in [0.15, 0.2) is 5.96 Å².